The van der Waals surface area contributed by atoms with Crippen molar-refractivity contribution >= 4 is 15.9 Å². The number of aryl methyl sites for hydroxylation is 2. The van der Waals surface area contributed by atoms with Gasteiger partial charge in [0, 0.05) is 38.3 Å². The van der Waals surface area contributed by atoms with E-state index in [1.54, 1.807) is 24.3 Å². The predicted molar refractivity (Wildman–Crippen MR) is 139 cm³/mol. The molecule has 1 atom stereocenters. The van der Waals surface area contributed by atoms with Crippen molar-refractivity contribution in [1.29, 1.82) is 0 Å². The number of amides is 1. The Hall–Kier alpha value is -3.08. The molecule has 1 unspecified atom stereocenters. The Labute approximate surface area is 218 Å². The van der Waals surface area contributed by atoms with Crippen molar-refractivity contribution < 1.29 is 17.7 Å². The highest BCUT2D eigenvalue weighted by Crippen LogP contribution is 2.24. The number of likely N-dealkylation sites (tertiary alicyclic amines) is 1. The van der Waals surface area contributed by atoms with Crippen LogP contribution in [0.15, 0.2) is 57.9 Å². The van der Waals surface area contributed by atoms with Crippen molar-refractivity contribution in [2.24, 2.45) is 5.92 Å². The first kappa shape index (κ1) is 25.6. The number of aromatic nitrogens is 2. The number of hydrogen-bond donors (Lipinski definition) is 0. The third-order valence-electron chi connectivity index (χ3n) is 7.20. The van der Waals surface area contributed by atoms with Gasteiger partial charge in [-0.1, -0.05) is 52.7 Å². The number of nitrogens with zero attached hydrogens (tertiary/aromatic N) is 5. The van der Waals surface area contributed by atoms with E-state index < -0.39 is 10.0 Å². The molecule has 2 aliphatic rings. The largest absolute Gasteiger partial charge is 0.340 e. The molecule has 0 spiro atoms. The summed E-state index contributed by atoms with van der Waals surface area (Å²) < 4.78 is 33.0. The number of carbonyl (C=O) groups excluding carboxylic acids is 1. The molecule has 0 saturated carbocycles. The van der Waals surface area contributed by atoms with Gasteiger partial charge in [0.2, 0.25) is 27.6 Å². The van der Waals surface area contributed by atoms with E-state index in [4.69, 9.17) is 4.52 Å². The lowest BCUT2D eigenvalue weighted by Crippen LogP contribution is -2.53. The summed E-state index contributed by atoms with van der Waals surface area (Å²) in [5, 5.41) is 4.12. The second-order valence-corrected chi connectivity index (χ2v) is 11.9. The summed E-state index contributed by atoms with van der Waals surface area (Å²) in [5.74, 6) is 1.09. The number of sulfonamides is 1. The van der Waals surface area contributed by atoms with E-state index in [-0.39, 0.29) is 11.8 Å². The van der Waals surface area contributed by atoms with Gasteiger partial charge >= 0.3 is 0 Å². The smallest absolute Gasteiger partial charge is 0.243 e. The average Bonchev–Trinajstić information content (AvgIpc) is 3.37. The van der Waals surface area contributed by atoms with Crippen LogP contribution in [0.4, 0.5) is 0 Å². The number of benzene rings is 2. The normalized spacial score (nSPS) is 19.7. The Morgan fingerprint density at radius 3 is 2.27 bits per heavy atom. The van der Waals surface area contributed by atoms with Gasteiger partial charge in [-0.3, -0.25) is 9.69 Å². The van der Waals surface area contributed by atoms with Crippen LogP contribution in [0.1, 0.15) is 29.9 Å². The molecule has 0 bridgehead atoms. The zero-order chi connectivity index (χ0) is 26.0. The van der Waals surface area contributed by atoms with Gasteiger partial charge in [-0.05, 0) is 45.4 Å². The van der Waals surface area contributed by atoms with Crippen LogP contribution in [0.3, 0.4) is 0 Å². The SMILES string of the molecule is Cc1ccc(-c2noc(CN3CCCC(C(=O)N4CCN(S(=O)(=O)c5ccc(C)cc5)CC4)C3)n2)cc1. The summed E-state index contributed by atoms with van der Waals surface area (Å²) in [6, 6.07) is 14.9. The molecular weight excluding hydrogens is 490 g/mol. The molecular formula is C27H33N5O4S. The van der Waals surface area contributed by atoms with Gasteiger partial charge in [0.05, 0.1) is 17.4 Å². The summed E-state index contributed by atoms with van der Waals surface area (Å²) in [6.45, 7) is 7.39. The molecule has 9 nitrogen and oxygen atoms in total. The number of piperidine rings is 1. The van der Waals surface area contributed by atoms with Crippen molar-refractivity contribution in [2.75, 3.05) is 39.3 Å². The summed E-state index contributed by atoms with van der Waals surface area (Å²) in [5.41, 5.74) is 3.10. The zero-order valence-corrected chi connectivity index (χ0v) is 22.2. The fourth-order valence-electron chi connectivity index (χ4n) is 5.00. The first-order valence-corrected chi connectivity index (χ1v) is 14.2. The Balaban J connectivity index is 1.15. The first-order valence-electron chi connectivity index (χ1n) is 12.8. The maximum Gasteiger partial charge on any atom is 0.243 e. The molecule has 3 aromatic rings. The van der Waals surface area contributed by atoms with E-state index in [9.17, 15) is 13.2 Å². The molecule has 10 heteroatoms. The van der Waals surface area contributed by atoms with Crippen molar-refractivity contribution in [2.45, 2.75) is 38.1 Å². The molecule has 2 aliphatic heterocycles. The molecule has 1 aromatic heterocycles. The number of rotatable bonds is 6. The van der Waals surface area contributed by atoms with Crippen molar-refractivity contribution in [3.63, 3.8) is 0 Å². The number of piperazine rings is 1. The minimum Gasteiger partial charge on any atom is -0.340 e. The van der Waals surface area contributed by atoms with Crippen LogP contribution in [0.2, 0.25) is 0 Å². The quantitative estimate of drug-likeness (QED) is 0.490. The van der Waals surface area contributed by atoms with Gasteiger partial charge in [0.25, 0.3) is 0 Å². The second-order valence-electron chi connectivity index (χ2n) is 9.99. The van der Waals surface area contributed by atoms with Gasteiger partial charge < -0.3 is 9.42 Å². The van der Waals surface area contributed by atoms with Crippen LogP contribution in [0, 0.1) is 19.8 Å². The highest BCUT2D eigenvalue weighted by Gasteiger charge is 2.34. The first-order chi connectivity index (χ1) is 17.8. The molecule has 2 saturated heterocycles. The third kappa shape index (κ3) is 5.76. The lowest BCUT2D eigenvalue weighted by molar-refractivity contribution is -0.138. The maximum absolute atomic E-state index is 13.3. The predicted octanol–water partition coefficient (Wildman–Crippen LogP) is 3.10. The van der Waals surface area contributed by atoms with E-state index in [0.29, 0.717) is 55.9 Å². The second kappa shape index (κ2) is 10.7. The van der Waals surface area contributed by atoms with Crippen LogP contribution in [-0.2, 0) is 21.4 Å². The summed E-state index contributed by atoms with van der Waals surface area (Å²) >= 11 is 0. The average molecular weight is 524 g/mol. The molecule has 2 aromatic carbocycles. The lowest BCUT2D eigenvalue weighted by Gasteiger charge is -2.38. The minimum absolute atomic E-state index is 0.1000. The minimum atomic E-state index is -3.55. The van der Waals surface area contributed by atoms with Gasteiger partial charge in [0.1, 0.15) is 0 Å². The fraction of sp³-hybridized carbons (Fsp3) is 0.444. The molecule has 37 heavy (non-hydrogen) atoms. The molecule has 196 valence electrons. The summed E-state index contributed by atoms with van der Waals surface area (Å²) in [7, 11) is -3.55. The molecule has 0 radical (unpaired) electrons. The van der Waals surface area contributed by atoms with E-state index >= 15 is 0 Å². The number of carbonyl (C=O) groups is 1. The van der Waals surface area contributed by atoms with Crippen molar-refractivity contribution in [3.05, 3.63) is 65.5 Å². The monoisotopic (exact) mass is 523 g/mol. The van der Waals surface area contributed by atoms with E-state index in [0.717, 1.165) is 30.5 Å². The van der Waals surface area contributed by atoms with Crippen LogP contribution in [0.25, 0.3) is 11.4 Å². The fourth-order valence-corrected chi connectivity index (χ4v) is 6.42. The zero-order valence-electron chi connectivity index (χ0n) is 21.3. The molecule has 0 aliphatic carbocycles. The molecule has 2 fully saturated rings. The summed E-state index contributed by atoms with van der Waals surface area (Å²) in [6.07, 6.45) is 1.74. The Bertz CT molecular complexity index is 1330. The lowest BCUT2D eigenvalue weighted by atomic mass is 9.96. The van der Waals surface area contributed by atoms with Gasteiger partial charge in [-0.2, -0.15) is 9.29 Å². The maximum atomic E-state index is 13.3. The highest BCUT2D eigenvalue weighted by molar-refractivity contribution is 7.89. The van der Waals surface area contributed by atoms with Gasteiger partial charge in [-0.15, -0.1) is 0 Å². The standard InChI is InChI=1S/C27H33N5O4S/c1-20-5-9-22(10-6-20)26-28-25(36-29-26)19-30-13-3-4-23(18-30)27(33)31-14-16-32(17-15-31)37(34,35)24-11-7-21(2)8-12-24/h5-12,23H,3-4,13-19H2,1-2H3. The molecule has 1 amide bonds. The van der Waals surface area contributed by atoms with E-state index in [1.165, 1.54) is 9.87 Å². The van der Waals surface area contributed by atoms with Crippen molar-refractivity contribution in [3.8, 4) is 11.4 Å². The van der Waals surface area contributed by atoms with Crippen LogP contribution in [0.5, 0.6) is 0 Å². The molecule has 3 heterocycles. The third-order valence-corrected chi connectivity index (χ3v) is 9.11. The summed E-state index contributed by atoms with van der Waals surface area (Å²) in [4.78, 5) is 22.2. The Kier molecular flexibility index (Phi) is 7.41. The van der Waals surface area contributed by atoms with Gasteiger partial charge in [0.15, 0.2) is 0 Å². The van der Waals surface area contributed by atoms with Crippen LogP contribution < -0.4 is 0 Å². The highest BCUT2D eigenvalue weighted by atomic mass is 32.2. The Morgan fingerprint density at radius 2 is 1.59 bits per heavy atom. The number of hydrogen-bond acceptors (Lipinski definition) is 7. The van der Waals surface area contributed by atoms with E-state index in [1.807, 2.05) is 43.0 Å². The van der Waals surface area contributed by atoms with Crippen LogP contribution >= 0.6 is 0 Å². The molecule has 5 rings (SSSR count). The van der Waals surface area contributed by atoms with E-state index in [2.05, 4.69) is 15.0 Å². The topological polar surface area (TPSA) is 99.9 Å². The van der Waals surface area contributed by atoms with Crippen molar-refractivity contribution in [1.82, 2.24) is 24.2 Å². The van der Waals surface area contributed by atoms with Crippen LogP contribution in [-0.4, -0.2) is 77.8 Å². The Morgan fingerprint density at radius 1 is 0.946 bits per heavy atom. The molecule has 0 N–H and O–H groups in total. The van der Waals surface area contributed by atoms with Gasteiger partial charge in [-0.25, -0.2) is 8.42 Å².